The molecule has 0 fully saturated rings. The number of carbonyl (C=O) groups excluding carboxylic acids is 2. The molecule has 4 rings (SSSR count). The molecule has 152 valence electrons. The largest absolute Gasteiger partial charge is 0.448 e. The molecule has 0 spiro atoms. The van der Waals surface area contributed by atoms with Gasteiger partial charge in [0, 0.05) is 18.7 Å². The van der Waals surface area contributed by atoms with Crippen molar-refractivity contribution in [1.82, 2.24) is 10.3 Å². The number of aromatic nitrogens is 1. The lowest BCUT2D eigenvalue weighted by molar-refractivity contribution is -0.116. The summed E-state index contributed by atoms with van der Waals surface area (Å²) in [6, 6.07) is 18.7. The van der Waals surface area contributed by atoms with Crippen LogP contribution in [0.25, 0.3) is 21.0 Å². The lowest BCUT2D eigenvalue weighted by atomic mass is 10.2. The van der Waals surface area contributed by atoms with Gasteiger partial charge >= 0.3 is 0 Å². The summed E-state index contributed by atoms with van der Waals surface area (Å²) in [5, 5.41) is 6.44. The van der Waals surface area contributed by atoms with Gasteiger partial charge in [0.05, 0.1) is 10.2 Å². The molecule has 0 aliphatic rings. The summed E-state index contributed by atoms with van der Waals surface area (Å²) in [6.07, 6.45) is 1.31. The zero-order valence-electron chi connectivity index (χ0n) is 16.5. The van der Waals surface area contributed by atoms with E-state index >= 15 is 0 Å². The maximum Gasteiger partial charge on any atom is 0.287 e. The number of amides is 2. The van der Waals surface area contributed by atoms with Crippen molar-refractivity contribution in [3.63, 3.8) is 0 Å². The number of carbonyl (C=O) groups is 2. The highest BCUT2D eigenvalue weighted by Gasteiger charge is 2.15. The van der Waals surface area contributed by atoms with Crippen molar-refractivity contribution in [2.75, 3.05) is 5.32 Å². The van der Waals surface area contributed by atoms with Crippen molar-refractivity contribution in [1.29, 1.82) is 0 Å². The van der Waals surface area contributed by atoms with Crippen molar-refractivity contribution in [2.24, 2.45) is 0 Å². The first-order valence-electron chi connectivity index (χ1n) is 9.75. The van der Waals surface area contributed by atoms with Gasteiger partial charge in [0.15, 0.2) is 16.5 Å². The Labute approximate surface area is 177 Å². The predicted molar refractivity (Wildman–Crippen MR) is 118 cm³/mol. The Morgan fingerprint density at radius 1 is 1.03 bits per heavy atom. The normalized spacial score (nSPS) is 10.8. The van der Waals surface area contributed by atoms with Gasteiger partial charge in [0.1, 0.15) is 0 Å². The maximum atomic E-state index is 12.4. The molecule has 0 saturated heterocycles. The zero-order chi connectivity index (χ0) is 20.9. The van der Waals surface area contributed by atoms with Gasteiger partial charge in [0.25, 0.3) is 5.91 Å². The van der Waals surface area contributed by atoms with E-state index in [-0.39, 0.29) is 17.6 Å². The first kappa shape index (κ1) is 19.8. The minimum absolute atomic E-state index is 0.000281. The van der Waals surface area contributed by atoms with E-state index in [1.807, 2.05) is 55.5 Å². The smallest absolute Gasteiger partial charge is 0.287 e. The SMILES string of the molecule is CCCC(=O)Nc1ccc(CNC(=O)c2ccc(-c3nc4ccccc4s3)o2)cc1. The molecular formula is C23H21N3O3S. The molecule has 2 aromatic heterocycles. The van der Waals surface area contributed by atoms with Crippen LogP contribution in [0.1, 0.15) is 35.9 Å². The minimum atomic E-state index is -0.289. The van der Waals surface area contributed by atoms with Crippen molar-refractivity contribution in [3.05, 3.63) is 72.0 Å². The zero-order valence-corrected chi connectivity index (χ0v) is 17.3. The molecule has 2 heterocycles. The second-order valence-electron chi connectivity index (χ2n) is 6.83. The summed E-state index contributed by atoms with van der Waals surface area (Å²) in [7, 11) is 0. The molecule has 6 nitrogen and oxygen atoms in total. The number of fused-ring (bicyclic) bond motifs is 1. The number of rotatable bonds is 7. The Hall–Kier alpha value is -3.45. The second-order valence-corrected chi connectivity index (χ2v) is 7.86. The summed E-state index contributed by atoms with van der Waals surface area (Å²) in [6.45, 7) is 2.32. The minimum Gasteiger partial charge on any atom is -0.448 e. The summed E-state index contributed by atoms with van der Waals surface area (Å²) in [5.74, 6) is 0.532. The van der Waals surface area contributed by atoms with Gasteiger partial charge in [-0.15, -0.1) is 11.3 Å². The van der Waals surface area contributed by atoms with Crippen molar-refractivity contribution >= 4 is 39.1 Å². The highest BCUT2D eigenvalue weighted by atomic mass is 32.1. The highest BCUT2D eigenvalue weighted by Crippen LogP contribution is 2.31. The molecule has 2 aromatic carbocycles. The summed E-state index contributed by atoms with van der Waals surface area (Å²) < 4.78 is 6.80. The third-order valence-electron chi connectivity index (χ3n) is 4.50. The third-order valence-corrected chi connectivity index (χ3v) is 5.55. The molecule has 0 unspecified atom stereocenters. The molecule has 2 amide bonds. The van der Waals surface area contributed by atoms with Crippen LogP contribution < -0.4 is 10.6 Å². The van der Waals surface area contributed by atoms with Gasteiger partial charge in [-0.2, -0.15) is 0 Å². The fraction of sp³-hybridized carbons (Fsp3) is 0.174. The number of furan rings is 1. The maximum absolute atomic E-state index is 12.4. The lowest BCUT2D eigenvalue weighted by Gasteiger charge is -2.07. The van der Waals surface area contributed by atoms with E-state index in [2.05, 4.69) is 15.6 Å². The number of anilines is 1. The first-order chi connectivity index (χ1) is 14.6. The van der Waals surface area contributed by atoms with Crippen molar-refractivity contribution < 1.29 is 14.0 Å². The third kappa shape index (κ3) is 4.58. The van der Waals surface area contributed by atoms with Crippen LogP contribution in [0.3, 0.4) is 0 Å². The van der Waals surface area contributed by atoms with Crippen LogP contribution in [0.15, 0.2) is 65.1 Å². The number of thiazole rings is 1. The Kier molecular flexibility index (Phi) is 5.90. The summed E-state index contributed by atoms with van der Waals surface area (Å²) in [4.78, 5) is 28.6. The van der Waals surface area contributed by atoms with E-state index in [9.17, 15) is 9.59 Å². The van der Waals surface area contributed by atoms with E-state index in [4.69, 9.17) is 4.42 Å². The number of hydrogen-bond donors (Lipinski definition) is 2. The molecule has 2 N–H and O–H groups in total. The number of nitrogens with one attached hydrogen (secondary N) is 2. The van der Waals surface area contributed by atoms with E-state index in [1.54, 1.807) is 12.1 Å². The number of benzene rings is 2. The fourth-order valence-corrected chi connectivity index (χ4v) is 3.91. The Balaban J connectivity index is 1.36. The first-order valence-corrected chi connectivity index (χ1v) is 10.6. The second kappa shape index (κ2) is 8.92. The molecular weight excluding hydrogens is 398 g/mol. The topological polar surface area (TPSA) is 84.2 Å². The van der Waals surface area contributed by atoms with Crippen LogP contribution in [-0.2, 0) is 11.3 Å². The number of hydrogen-bond acceptors (Lipinski definition) is 5. The predicted octanol–water partition coefficient (Wildman–Crippen LogP) is 5.22. The molecule has 0 saturated carbocycles. The van der Waals surface area contributed by atoms with Crippen LogP contribution in [0, 0.1) is 0 Å². The van der Waals surface area contributed by atoms with Crippen molar-refractivity contribution in [2.45, 2.75) is 26.3 Å². The molecule has 0 bridgehead atoms. The molecule has 0 atom stereocenters. The van der Waals surface area contributed by atoms with E-state index in [0.717, 1.165) is 32.9 Å². The Morgan fingerprint density at radius 3 is 2.60 bits per heavy atom. The quantitative estimate of drug-likeness (QED) is 0.430. The average molecular weight is 420 g/mol. The van der Waals surface area contributed by atoms with E-state index in [1.165, 1.54) is 11.3 Å². The van der Waals surface area contributed by atoms with Gasteiger partial charge in [0.2, 0.25) is 5.91 Å². The standard InChI is InChI=1S/C23H21N3O3S/c1-2-5-21(27)25-16-10-8-15(9-11-16)14-24-22(28)18-12-13-19(29-18)23-26-17-6-3-4-7-20(17)30-23/h3-4,6-13H,2,5,14H2,1H3,(H,24,28)(H,25,27). The molecule has 7 heteroatoms. The Bertz CT molecular complexity index is 1140. The van der Waals surface area contributed by atoms with Crippen LogP contribution in [-0.4, -0.2) is 16.8 Å². The molecule has 4 aromatic rings. The lowest BCUT2D eigenvalue weighted by Crippen LogP contribution is -2.22. The number of nitrogens with zero attached hydrogens (tertiary/aromatic N) is 1. The average Bonchev–Trinajstić information content (AvgIpc) is 3.40. The summed E-state index contributed by atoms with van der Waals surface area (Å²) in [5.41, 5.74) is 2.58. The monoisotopic (exact) mass is 419 g/mol. The van der Waals surface area contributed by atoms with Crippen LogP contribution in [0.4, 0.5) is 5.69 Å². The number of para-hydroxylation sites is 1. The van der Waals surface area contributed by atoms with Crippen LogP contribution >= 0.6 is 11.3 Å². The molecule has 0 radical (unpaired) electrons. The molecule has 0 aliphatic carbocycles. The Morgan fingerprint density at radius 2 is 1.83 bits per heavy atom. The molecule has 0 aliphatic heterocycles. The van der Waals surface area contributed by atoms with Gasteiger partial charge in [-0.1, -0.05) is 31.2 Å². The molecule has 30 heavy (non-hydrogen) atoms. The van der Waals surface area contributed by atoms with E-state index in [0.29, 0.717) is 18.7 Å². The summed E-state index contributed by atoms with van der Waals surface area (Å²) >= 11 is 1.53. The highest BCUT2D eigenvalue weighted by molar-refractivity contribution is 7.21. The van der Waals surface area contributed by atoms with Gasteiger partial charge < -0.3 is 15.1 Å². The van der Waals surface area contributed by atoms with Gasteiger partial charge in [-0.05, 0) is 48.4 Å². The fourth-order valence-electron chi connectivity index (χ4n) is 2.98. The van der Waals surface area contributed by atoms with Gasteiger partial charge in [-0.3, -0.25) is 9.59 Å². The van der Waals surface area contributed by atoms with Gasteiger partial charge in [-0.25, -0.2) is 4.98 Å². The van der Waals surface area contributed by atoms with Crippen molar-refractivity contribution in [3.8, 4) is 10.8 Å². The van der Waals surface area contributed by atoms with E-state index < -0.39 is 0 Å². The van der Waals surface area contributed by atoms with Crippen LogP contribution in [0.2, 0.25) is 0 Å². The van der Waals surface area contributed by atoms with Crippen LogP contribution in [0.5, 0.6) is 0 Å².